The highest BCUT2D eigenvalue weighted by Crippen LogP contribution is 2.17. The van der Waals surface area contributed by atoms with E-state index in [0.717, 1.165) is 0 Å². The number of thioether (sulfide) groups is 1. The van der Waals surface area contributed by atoms with Crippen LogP contribution in [0.2, 0.25) is 5.02 Å². The molecular weight excluding hydrogens is 466 g/mol. The summed E-state index contributed by atoms with van der Waals surface area (Å²) in [7, 11) is 3.12. The summed E-state index contributed by atoms with van der Waals surface area (Å²) in [6.07, 6.45) is 0.488. The van der Waals surface area contributed by atoms with Gasteiger partial charge >= 0.3 is 5.97 Å². The molecule has 0 spiro atoms. The van der Waals surface area contributed by atoms with Gasteiger partial charge in [0.1, 0.15) is 5.82 Å². The van der Waals surface area contributed by atoms with Crippen molar-refractivity contribution in [3.05, 3.63) is 70.5 Å². The molecule has 172 valence electrons. The van der Waals surface area contributed by atoms with Crippen molar-refractivity contribution in [2.24, 2.45) is 7.05 Å². The van der Waals surface area contributed by atoms with Crippen LogP contribution in [-0.4, -0.2) is 52.0 Å². The molecular formula is C22H22ClN5O4S. The number of nitrogens with one attached hydrogen (secondary N) is 2. The Morgan fingerprint density at radius 2 is 1.70 bits per heavy atom. The predicted octanol–water partition coefficient (Wildman–Crippen LogP) is 2.96. The van der Waals surface area contributed by atoms with Crippen molar-refractivity contribution in [3.8, 4) is 0 Å². The number of hydrogen-bond acceptors (Lipinski definition) is 7. The van der Waals surface area contributed by atoms with Crippen LogP contribution in [0.1, 0.15) is 26.5 Å². The third kappa shape index (κ3) is 6.80. The highest BCUT2D eigenvalue weighted by Gasteiger charge is 2.13. The number of nitrogens with zero attached hydrogens (tertiary/aromatic N) is 3. The van der Waals surface area contributed by atoms with Gasteiger partial charge in [0.2, 0.25) is 5.91 Å². The maximum atomic E-state index is 12.2. The number of amides is 2. The molecule has 0 unspecified atom stereocenters. The van der Waals surface area contributed by atoms with Gasteiger partial charge in [-0.05, 0) is 48.5 Å². The van der Waals surface area contributed by atoms with Gasteiger partial charge in [0.15, 0.2) is 5.16 Å². The van der Waals surface area contributed by atoms with Crippen LogP contribution in [0.4, 0.5) is 5.69 Å². The van der Waals surface area contributed by atoms with E-state index in [1.807, 2.05) is 7.05 Å². The fourth-order valence-corrected chi connectivity index (χ4v) is 3.67. The normalized spacial score (nSPS) is 10.5. The SMILES string of the molecule is COC(=O)c1ccc(NC(=O)CSc2nnc(CCNC(=O)c3ccc(Cl)cc3)n2C)cc1. The molecule has 0 radical (unpaired) electrons. The molecule has 3 aromatic rings. The van der Waals surface area contributed by atoms with Gasteiger partial charge in [-0.1, -0.05) is 23.4 Å². The summed E-state index contributed by atoms with van der Waals surface area (Å²) in [5.41, 5.74) is 1.50. The van der Waals surface area contributed by atoms with Gasteiger partial charge in [-0.25, -0.2) is 4.79 Å². The molecule has 0 atom stereocenters. The summed E-state index contributed by atoms with van der Waals surface area (Å²) in [6, 6.07) is 13.1. The van der Waals surface area contributed by atoms with Crippen LogP contribution < -0.4 is 10.6 Å². The van der Waals surface area contributed by atoms with Gasteiger partial charge in [-0.2, -0.15) is 0 Å². The molecule has 2 amide bonds. The number of methoxy groups -OCH3 is 1. The monoisotopic (exact) mass is 487 g/mol. The topological polar surface area (TPSA) is 115 Å². The predicted molar refractivity (Wildman–Crippen MR) is 126 cm³/mol. The lowest BCUT2D eigenvalue weighted by Gasteiger charge is -2.07. The van der Waals surface area contributed by atoms with Gasteiger partial charge in [0.05, 0.1) is 18.4 Å². The van der Waals surface area contributed by atoms with Crippen LogP contribution in [0.3, 0.4) is 0 Å². The zero-order valence-corrected chi connectivity index (χ0v) is 19.6. The molecule has 0 saturated heterocycles. The molecule has 2 N–H and O–H groups in total. The zero-order chi connectivity index (χ0) is 23.8. The summed E-state index contributed by atoms with van der Waals surface area (Å²) in [5.74, 6) is -0.0259. The number of esters is 1. The van der Waals surface area contributed by atoms with Crippen LogP contribution >= 0.6 is 23.4 Å². The highest BCUT2D eigenvalue weighted by atomic mass is 35.5. The van der Waals surface area contributed by atoms with E-state index in [-0.39, 0.29) is 17.6 Å². The molecule has 0 bridgehead atoms. The van der Waals surface area contributed by atoms with E-state index in [9.17, 15) is 14.4 Å². The van der Waals surface area contributed by atoms with Crippen LogP contribution in [0.25, 0.3) is 0 Å². The molecule has 9 nitrogen and oxygen atoms in total. The molecule has 1 aromatic heterocycles. The van der Waals surface area contributed by atoms with Crippen LogP contribution in [0, 0.1) is 0 Å². The standard InChI is InChI=1S/C22H22ClN5O4S/c1-28-18(11-12-24-20(30)14-3-7-16(23)8-4-14)26-27-22(28)33-13-19(29)25-17-9-5-15(6-10-17)21(31)32-2/h3-10H,11-13H2,1-2H3,(H,24,30)(H,25,29). The Morgan fingerprint density at radius 3 is 2.36 bits per heavy atom. The quantitative estimate of drug-likeness (QED) is 0.352. The number of aromatic nitrogens is 3. The molecule has 0 fully saturated rings. The van der Waals surface area contributed by atoms with E-state index < -0.39 is 5.97 Å². The molecule has 0 saturated carbocycles. The summed E-state index contributed by atoms with van der Waals surface area (Å²) >= 11 is 7.08. The second kappa shape index (κ2) is 11.5. The van der Waals surface area contributed by atoms with E-state index >= 15 is 0 Å². The first-order valence-electron chi connectivity index (χ1n) is 9.90. The van der Waals surface area contributed by atoms with Gasteiger partial charge in [0, 0.05) is 36.3 Å². The fraction of sp³-hybridized carbons (Fsp3) is 0.227. The molecule has 11 heteroatoms. The highest BCUT2D eigenvalue weighted by molar-refractivity contribution is 7.99. The molecule has 2 aromatic carbocycles. The average molecular weight is 488 g/mol. The molecule has 0 aliphatic rings. The van der Waals surface area contributed by atoms with E-state index in [4.69, 9.17) is 11.6 Å². The fourth-order valence-electron chi connectivity index (χ4n) is 2.81. The Balaban J connectivity index is 1.45. The van der Waals surface area contributed by atoms with Crippen molar-refractivity contribution in [3.63, 3.8) is 0 Å². The molecule has 3 rings (SSSR count). The van der Waals surface area contributed by atoms with Gasteiger partial charge in [-0.3, -0.25) is 9.59 Å². The molecule has 33 heavy (non-hydrogen) atoms. The number of ether oxygens (including phenoxy) is 1. The molecule has 1 heterocycles. The number of carbonyl (C=O) groups is 3. The van der Waals surface area contributed by atoms with Crippen molar-refractivity contribution in [1.82, 2.24) is 20.1 Å². The van der Waals surface area contributed by atoms with E-state index in [1.165, 1.54) is 18.9 Å². The summed E-state index contributed by atoms with van der Waals surface area (Å²) in [4.78, 5) is 35.9. The van der Waals surface area contributed by atoms with Crippen molar-refractivity contribution in [2.45, 2.75) is 11.6 Å². The minimum absolute atomic E-state index is 0.137. The van der Waals surface area contributed by atoms with Crippen LogP contribution in [0.15, 0.2) is 53.7 Å². The minimum Gasteiger partial charge on any atom is -0.465 e. The van der Waals surface area contributed by atoms with Crippen LogP contribution in [0.5, 0.6) is 0 Å². The Kier molecular flexibility index (Phi) is 8.45. The van der Waals surface area contributed by atoms with Crippen molar-refractivity contribution in [1.29, 1.82) is 0 Å². The summed E-state index contributed by atoms with van der Waals surface area (Å²) in [6.45, 7) is 0.389. The van der Waals surface area contributed by atoms with Crippen molar-refractivity contribution < 1.29 is 19.1 Å². The average Bonchev–Trinajstić information content (AvgIpc) is 3.17. The van der Waals surface area contributed by atoms with Crippen LogP contribution in [-0.2, 0) is 23.0 Å². The van der Waals surface area contributed by atoms with E-state index in [1.54, 1.807) is 53.1 Å². The van der Waals surface area contributed by atoms with Gasteiger partial charge in [-0.15, -0.1) is 10.2 Å². The largest absolute Gasteiger partial charge is 0.465 e. The second-order valence-electron chi connectivity index (χ2n) is 6.88. The first kappa shape index (κ1) is 24.3. The number of rotatable bonds is 9. The van der Waals surface area contributed by atoms with Crippen molar-refractivity contribution >= 4 is 46.8 Å². The van der Waals surface area contributed by atoms with Gasteiger partial charge < -0.3 is 19.9 Å². The third-order valence-electron chi connectivity index (χ3n) is 4.59. The Bertz CT molecular complexity index is 1130. The molecule has 0 aliphatic heterocycles. The smallest absolute Gasteiger partial charge is 0.337 e. The number of anilines is 1. The lowest BCUT2D eigenvalue weighted by molar-refractivity contribution is -0.113. The Hall–Kier alpha value is -3.37. The zero-order valence-electron chi connectivity index (χ0n) is 18.0. The van der Waals surface area contributed by atoms with E-state index in [2.05, 4.69) is 25.6 Å². The molecule has 0 aliphatic carbocycles. The minimum atomic E-state index is -0.439. The summed E-state index contributed by atoms with van der Waals surface area (Å²) in [5, 5.41) is 15.0. The van der Waals surface area contributed by atoms with E-state index in [0.29, 0.717) is 45.8 Å². The lowest BCUT2D eigenvalue weighted by atomic mass is 10.2. The van der Waals surface area contributed by atoms with Crippen molar-refractivity contribution in [2.75, 3.05) is 24.7 Å². The maximum absolute atomic E-state index is 12.2. The lowest BCUT2D eigenvalue weighted by Crippen LogP contribution is -2.26. The number of halogens is 1. The first-order valence-corrected chi connectivity index (χ1v) is 11.3. The Labute approximate surface area is 199 Å². The third-order valence-corrected chi connectivity index (χ3v) is 5.86. The number of hydrogen-bond donors (Lipinski definition) is 2. The van der Waals surface area contributed by atoms with Gasteiger partial charge in [0.25, 0.3) is 5.91 Å². The number of benzene rings is 2. The number of carbonyl (C=O) groups excluding carboxylic acids is 3. The maximum Gasteiger partial charge on any atom is 0.337 e. The second-order valence-corrected chi connectivity index (χ2v) is 8.26. The summed E-state index contributed by atoms with van der Waals surface area (Å²) < 4.78 is 6.44. The Morgan fingerprint density at radius 1 is 1.03 bits per heavy atom. The first-order chi connectivity index (χ1) is 15.9.